The summed E-state index contributed by atoms with van der Waals surface area (Å²) in [4.78, 5) is 29.9. The van der Waals surface area contributed by atoms with Crippen LogP contribution in [-0.4, -0.2) is 16.8 Å². The Labute approximate surface area is 177 Å². The SMILES string of the molecule is CC(=O)N(c1nc(COc2ccccc2C(N)=O)cs1)c1c(C)cc(C)cc1Cl. The molecule has 29 heavy (non-hydrogen) atoms. The predicted molar refractivity (Wildman–Crippen MR) is 115 cm³/mol. The van der Waals surface area contributed by atoms with Crippen molar-refractivity contribution in [1.82, 2.24) is 4.98 Å². The minimum atomic E-state index is -0.563. The Morgan fingerprint density at radius 1 is 1.24 bits per heavy atom. The molecule has 150 valence electrons. The van der Waals surface area contributed by atoms with E-state index in [0.717, 1.165) is 11.1 Å². The van der Waals surface area contributed by atoms with E-state index in [1.54, 1.807) is 29.6 Å². The van der Waals surface area contributed by atoms with Crippen LogP contribution in [0.4, 0.5) is 10.8 Å². The highest BCUT2D eigenvalue weighted by Crippen LogP contribution is 2.37. The summed E-state index contributed by atoms with van der Waals surface area (Å²) >= 11 is 7.74. The van der Waals surface area contributed by atoms with E-state index >= 15 is 0 Å². The molecular weight excluding hydrogens is 410 g/mol. The van der Waals surface area contributed by atoms with Crippen LogP contribution in [0.3, 0.4) is 0 Å². The maximum atomic E-state index is 12.4. The molecule has 2 N–H and O–H groups in total. The lowest BCUT2D eigenvalue weighted by atomic mass is 10.1. The second-order valence-corrected chi connectivity index (χ2v) is 7.78. The molecule has 0 aliphatic carbocycles. The summed E-state index contributed by atoms with van der Waals surface area (Å²) < 4.78 is 5.72. The van der Waals surface area contributed by atoms with Crippen LogP contribution in [0.1, 0.15) is 34.1 Å². The van der Waals surface area contributed by atoms with E-state index in [2.05, 4.69) is 4.98 Å². The number of carbonyl (C=O) groups excluding carboxylic acids is 2. The number of primary amides is 1. The van der Waals surface area contributed by atoms with Gasteiger partial charge < -0.3 is 10.5 Å². The maximum absolute atomic E-state index is 12.4. The molecule has 0 fully saturated rings. The van der Waals surface area contributed by atoms with Gasteiger partial charge in [0.1, 0.15) is 12.4 Å². The fourth-order valence-electron chi connectivity index (χ4n) is 2.99. The lowest BCUT2D eigenvalue weighted by molar-refractivity contribution is -0.115. The largest absolute Gasteiger partial charge is 0.486 e. The predicted octanol–water partition coefficient (Wildman–Crippen LogP) is 4.78. The number of aromatic nitrogens is 1. The molecule has 0 atom stereocenters. The topological polar surface area (TPSA) is 85.5 Å². The number of ether oxygens (including phenoxy) is 1. The quantitative estimate of drug-likeness (QED) is 0.611. The first kappa shape index (κ1) is 20.8. The average Bonchev–Trinajstić information content (AvgIpc) is 3.11. The number of amides is 2. The molecule has 0 aliphatic heterocycles. The van der Waals surface area contributed by atoms with Gasteiger partial charge >= 0.3 is 0 Å². The molecule has 0 bridgehead atoms. The molecule has 8 heteroatoms. The minimum absolute atomic E-state index is 0.132. The van der Waals surface area contributed by atoms with Crippen LogP contribution in [0.15, 0.2) is 41.8 Å². The number of benzene rings is 2. The summed E-state index contributed by atoms with van der Waals surface area (Å²) in [5.41, 5.74) is 8.81. The third-order valence-electron chi connectivity index (χ3n) is 4.20. The number of nitrogens with two attached hydrogens (primary N) is 1. The van der Waals surface area contributed by atoms with Gasteiger partial charge in [-0.05, 0) is 43.2 Å². The Hall–Kier alpha value is -2.90. The molecule has 2 amide bonds. The summed E-state index contributed by atoms with van der Waals surface area (Å²) in [5, 5.41) is 2.78. The van der Waals surface area contributed by atoms with Crippen molar-refractivity contribution >= 4 is 45.6 Å². The first-order valence-corrected chi connectivity index (χ1v) is 10.1. The summed E-state index contributed by atoms with van der Waals surface area (Å²) in [5.74, 6) is -0.373. The van der Waals surface area contributed by atoms with Crippen LogP contribution in [0.5, 0.6) is 5.75 Å². The zero-order chi connectivity index (χ0) is 21.1. The van der Waals surface area contributed by atoms with Crippen LogP contribution >= 0.6 is 22.9 Å². The van der Waals surface area contributed by atoms with Gasteiger partial charge in [0.15, 0.2) is 5.13 Å². The van der Waals surface area contributed by atoms with Gasteiger partial charge in [-0.15, -0.1) is 11.3 Å². The van der Waals surface area contributed by atoms with Crippen molar-refractivity contribution in [3.8, 4) is 5.75 Å². The van der Waals surface area contributed by atoms with Gasteiger partial charge in [0.25, 0.3) is 5.91 Å². The van der Waals surface area contributed by atoms with E-state index in [4.69, 9.17) is 22.1 Å². The number of nitrogens with zero attached hydrogens (tertiary/aromatic N) is 2. The number of rotatable bonds is 6. The van der Waals surface area contributed by atoms with Crippen molar-refractivity contribution in [2.75, 3.05) is 4.90 Å². The first-order chi connectivity index (χ1) is 13.8. The Morgan fingerprint density at radius 2 is 1.97 bits per heavy atom. The summed E-state index contributed by atoms with van der Waals surface area (Å²) in [7, 11) is 0. The third kappa shape index (κ3) is 4.58. The summed E-state index contributed by atoms with van der Waals surface area (Å²) in [6.45, 7) is 5.45. The maximum Gasteiger partial charge on any atom is 0.252 e. The summed E-state index contributed by atoms with van der Waals surface area (Å²) in [6.07, 6.45) is 0. The molecule has 0 aliphatic rings. The van der Waals surface area contributed by atoms with Crippen molar-refractivity contribution in [2.24, 2.45) is 5.73 Å². The van der Waals surface area contributed by atoms with Crippen LogP contribution in [0, 0.1) is 13.8 Å². The number of hydrogen-bond donors (Lipinski definition) is 1. The van der Waals surface area contributed by atoms with Gasteiger partial charge in [-0.2, -0.15) is 0 Å². The van der Waals surface area contributed by atoms with Gasteiger partial charge in [-0.25, -0.2) is 4.98 Å². The monoisotopic (exact) mass is 429 g/mol. The van der Waals surface area contributed by atoms with Crippen molar-refractivity contribution in [1.29, 1.82) is 0 Å². The number of para-hydroxylation sites is 1. The normalized spacial score (nSPS) is 10.6. The second-order valence-electron chi connectivity index (χ2n) is 6.54. The second kappa shape index (κ2) is 8.63. The number of halogens is 1. The lowest BCUT2D eigenvalue weighted by Gasteiger charge is -2.22. The molecule has 0 spiro atoms. The minimum Gasteiger partial charge on any atom is -0.486 e. The van der Waals surface area contributed by atoms with Crippen molar-refractivity contribution < 1.29 is 14.3 Å². The van der Waals surface area contributed by atoms with Gasteiger partial charge in [-0.3, -0.25) is 14.5 Å². The molecule has 1 heterocycles. The number of carbonyl (C=O) groups is 2. The highest BCUT2D eigenvalue weighted by Gasteiger charge is 2.23. The Balaban J connectivity index is 1.86. The number of thiazole rings is 1. The third-order valence-corrected chi connectivity index (χ3v) is 5.36. The Kier molecular flexibility index (Phi) is 6.20. The van der Waals surface area contributed by atoms with Crippen LogP contribution in [0.2, 0.25) is 5.02 Å². The van der Waals surface area contributed by atoms with Gasteiger partial charge in [-0.1, -0.05) is 29.8 Å². The zero-order valence-corrected chi connectivity index (χ0v) is 17.8. The average molecular weight is 430 g/mol. The van der Waals surface area contributed by atoms with E-state index in [1.807, 2.05) is 26.0 Å². The van der Waals surface area contributed by atoms with E-state index < -0.39 is 5.91 Å². The first-order valence-electron chi connectivity index (χ1n) is 8.81. The molecule has 0 unspecified atom stereocenters. The van der Waals surface area contributed by atoms with E-state index in [1.165, 1.54) is 23.2 Å². The number of anilines is 2. The standard InChI is InChI=1S/C21H20ClN3O3S/c1-12-8-13(2)19(17(22)9-12)25(14(3)26)21-24-15(11-29-21)10-28-18-7-5-4-6-16(18)20(23)27/h4-9,11H,10H2,1-3H3,(H2,23,27). The molecule has 2 aromatic carbocycles. The molecular formula is C21H20ClN3O3S. The van der Waals surface area contributed by atoms with Crippen molar-refractivity contribution in [2.45, 2.75) is 27.4 Å². The fourth-order valence-corrected chi connectivity index (χ4v) is 4.26. The molecule has 1 aromatic heterocycles. The lowest BCUT2D eigenvalue weighted by Crippen LogP contribution is -2.24. The van der Waals surface area contributed by atoms with E-state index in [0.29, 0.717) is 32.8 Å². The highest BCUT2D eigenvalue weighted by molar-refractivity contribution is 7.14. The van der Waals surface area contributed by atoms with Crippen molar-refractivity contribution in [3.05, 3.63) is 69.2 Å². The highest BCUT2D eigenvalue weighted by atomic mass is 35.5. The number of hydrogen-bond acceptors (Lipinski definition) is 5. The molecule has 3 aromatic rings. The molecule has 3 rings (SSSR count). The van der Waals surface area contributed by atoms with Crippen LogP contribution in [-0.2, 0) is 11.4 Å². The van der Waals surface area contributed by atoms with Crippen LogP contribution < -0.4 is 15.4 Å². The van der Waals surface area contributed by atoms with Gasteiger partial charge in [0.2, 0.25) is 5.91 Å². The van der Waals surface area contributed by atoms with Crippen molar-refractivity contribution in [3.63, 3.8) is 0 Å². The Morgan fingerprint density at radius 3 is 2.62 bits per heavy atom. The van der Waals surface area contributed by atoms with E-state index in [9.17, 15) is 9.59 Å². The number of aryl methyl sites for hydroxylation is 2. The van der Waals surface area contributed by atoms with Gasteiger partial charge in [0.05, 0.1) is 22.0 Å². The molecule has 0 radical (unpaired) electrons. The molecule has 0 saturated heterocycles. The van der Waals surface area contributed by atoms with Crippen LogP contribution in [0.25, 0.3) is 0 Å². The summed E-state index contributed by atoms with van der Waals surface area (Å²) in [6, 6.07) is 10.5. The fraction of sp³-hybridized carbons (Fsp3) is 0.190. The van der Waals surface area contributed by atoms with Gasteiger partial charge in [0, 0.05) is 12.3 Å². The smallest absolute Gasteiger partial charge is 0.252 e. The van der Waals surface area contributed by atoms with E-state index in [-0.39, 0.29) is 12.5 Å². The molecule has 6 nitrogen and oxygen atoms in total. The zero-order valence-electron chi connectivity index (χ0n) is 16.2. The Bertz CT molecular complexity index is 1060. The molecule has 0 saturated carbocycles.